The van der Waals surface area contributed by atoms with Gasteiger partial charge in [-0.05, 0) is 30.5 Å². The van der Waals surface area contributed by atoms with Gasteiger partial charge in [0, 0.05) is 0 Å². The van der Waals surface area contributed by atoms with Crippen LogP contribution in [0.25, 0.3) is 0 Å². The maximum atomic E-state index is 10.5. The van der Waals surface area contributed by atoms with Crippen LogP contribution in [0.3, 0.4) is 0 Å². The zero-order valence-corrected chi connectivity index (χ0v) is 17.2. The van der Waals surface area contributed by atoms with Crippen molar-refractivity contribution in [2.45, 2.75) is 51.9 Å². The van der Waals surface area contributed by atoms with E-state index >= 15 is 0 Å². The zero-order valence-electron chi connectivity index (χ0n) is 16.4. The minimum absolute atomic E-state index is 0. The Morgan fingerprint density at radius 2 is 1.39 bits per heavy atom. The topological polar surface area (TPSA) is 82.1 Å². The molecule has 0 aliphatic heterocycles. The van der Waals surface area contributed by atoms with E-state index in [1.165, 1.54) is 44.1 Å². The second kappa shape index (κ2) is 17.7. The van der Waals surface area contributed by atoms with Gasteiger partial charge in [0.15, 0.2) is 0 Å². The summed E-state index contributed by atoms with van der Waals surface area (Å²) < 4.78 is 45.5. The Morgan fingerprint density at radius 3 is 2.04 bits per heavy atom. The van der Waals surface area contributed by atoms with Gasteiger partial charge in [-0.25, -0.2) is 0 Å². The molecule has 0 aliphatic rings. The van der Waals surface area contributed by atoms with Crippen LogP contribution in [0.2, 0.25) is 0 Å². The number of rotatable bonds is 17. The van der Waals surface area contributed by atoms with E-state index in [2.05, 4.69) is 19.1 Å². The summed E-state index contributed by atoms with van der Waals surface area (Å²) in [5.41, 5.74) is 1.34. The van der Waals surface area contributed by atoms with Crippen molar-refractivity contribution in [3.63, 3.8) is 0 Å². The third kappa shape index (κ3) is 16.8. The molecule has 0 radical (unpaired) electrons. The Morgan fingerprint density at radius 1 is 0.821 bits per heavy atom. The first-order chi connectivity index (χ1) is 13.0. The van der Waals surface area contributed by atoms with Crippen LogP contribution >= 0.6 is 0 Å². The van der Waals surface area contributed by atoms with Crippen LogP contribution in [-0.4, -0.2) is 81.3 Å². The average molecular weight is 427 g/mol. The molecule has 1 aromatic carbocycles. The number of unbranched alkanes of at least 4 members (excludes halogenated alkanes) is 5. The van der Waals surface area contributed by atoms with Crippen LogP contribution in [-0.2, 0) is 26.0 Å². The van der Waals surface area contributed by atoms with Gasteiger partial charge < -0.3 is 14.2 Å². The average Bonchev–Trinajstić information content (AvgIpc) is 2.63. The molecule has 0 unspecified atom stereocenters. The summed E-state index contributed by atoms with van der Waals surface area (Å²) in [5, 5.41) is 0. The number of benzene rings is 1. The quantitative estimate of drug-likeness (QED) is 0.234. The van der Waals surface area contributed by atoms with Crippen LogP contribution in [0.4, 0.5) is 0 Å². The Balaban J connectivity index is 0.00000729. The van der Waals surface area contributed by atoms with Crippen LogP contribution in [0.15, 0.2) is 24.3 Å². The van der Waals surface area contributed by atoms with Gasteiger partial charge in [0.1, 0.15) is 12.4 Å². The molecule has 1 rings (SSSR count). The molecule has 0 saturated carbocycles. The minimum atomic E-state index is -3.96. The molecule has 0 atom stereocenters. The van der Waals surface area contributed by atoms with Gasteiger partial charge in [0.05, 0.1) is 32.2 Å². The van der Waals surface area contributed by atoms with Crippen molar-refractivity contribution in [2.24, 2.45) is 0 Å². The molecule has 158 valence electrons. The molecule has 0 aromatic heterocycles. The first-order valence-electron chi connectivity index (χ1n) is 9.83. The maximum absolute atomic E-state index is 10.5. The third-order valence-electron chi connectivity index (χ3n) is 4.10. The van der Waals surface area contributed by atoms with Crippen molar-refractivity contribution >= 4 is 39.7 Å². The van der Waals surface area contributed by atoms with E-state index < -0.39 is 15.9 Å². The zero-order chi connectivity index (χ0) is 19.8. The molecule has 0 aliphatic carbocycles. The summed E-state index contributed by atoms with van der Waals surface area (Å²) in [6.45, 7) is 3.71. The molecule has 1 aromatic rings. The fourth-order valence-corrected chi connectivity index (χ4v) is 2.89. The van der Waals surface area contributed by atoms with E-state index in [-0.39, 0.29) is 42.8 Å². The Bertz CT molecular complexity index is 577. The van der Waals surface area contributed by atoms with Crippen molar-refractivity contribution in [2.75, 3.05) is 38.8 Å². The van der Waals surface area contributed by atoms with Crippen molar-refractivity contribution in [1.82, 2.24) is 0 Å². The molecule has 0 bridgehead atoms. The monoisotopic (exact) mass is 426 g/mol. The molecule has 1 N–H and O–H groups in total. The predicted molar refractivity (Wildman–Crippen MR) is 114 cm³/mol. The van der Waals surface area contributed by atoms with Crippen LogP contribution in [0.1, 0.15) is 51.0 Å². The Hall–Kier alpha value is -0.150. The fourth-order valence-electron chi connectivity index (χ4n) is 2.57. The van der Waals surface area contributed by atoms with E-state index in [4.69, 9.17) is 18.8 Å². The van der Waals surface area contributed by atoms with Gasteiger partial charge in [-0.2, -0.15) is 8.42 Å². The fraction of sp³-hybridized carbons (Fsp3) is 0.700. The van der Waals surface area contributed by atoms with Gasteiger partial charge in [-0.1, -0.05) is 51.2 Å². The van der Waals surface area contributed by atoms with E-state index in [9.17, 15) is 8.42 Å². The SMILES string of the molecule is CCCCCCCCc1ccc(OCCOCCOCCS(=O)(=O)O)cc1.[NaH]. The molecule has 0 heterocycles. The summed E-state index contributed by atoms with van der Waals surface area (Å²) in [5.74, 6) is 0.431. The van der Waals surface area contributed by atoms with Crippen molar-refractivity contribution in [3.8, 4) is 5.75 Å². The summed E-state index contributed by atoms with van der Waals surface area (Å²) in [4.78, 5) is 0. The van der Waals surface area contributed by atoms with Gasteiger partial charge >= 0.3 is 29.6 Å². The molecule has 8 heteroatoms. The van der Waals surface area contributed by atoms with E-state index in [0.29, 0.717) is 19.8 Å². The predicted octanol–water partition coefficient (Wildman–Crippen LogP) is 3.24. The first kappa shape index (κ1) is 27.8. The van der Waals surface area contributed by atoms with Crippen molar-refractivity contribution < 1.29 is 27.2 Å². The summed E-state index contributed by atoms with van der Waals surface area (Å²) in [6.07, 6.45) is 8.98. The van der Waals surface area contributed by atoms with Gasteiger partial charge in [0.25, 0.3) is 10.1 Å². The first-order valence-corrected chi connectivity index (χ1v) is 11.4. The molecular formula is C20H35NaO6S. The van der Waals surface area contributed by atoms with Crippen LogP contribution in [0.5, 0.6) is 5.75 Å². The van der Waals surface area contributed by atoms with Gasteiger partial charge in [-0.15, -0.1) is 0 Å². The molecule has 6 nitrogen and oxygen atoms in total. The Labute approximate surface area is 192 Å². The van der Waals surface area contributed by atoms with Crippen LogP contribution in [0, 0.1) is 0 Å². The van der Waals surface area contributed by atoms with Crippen molar-refractivity contribution in [1.29, 1.82) is 0 Å². The molecule has 0 saturated heterocycles. The summed E-state index contributed by atoms with van der Waals surface area (Å²) in [7, 11) is -3.96. The molecule has 0 amide bonds. The number of ether oxygens (including phenoxy) is 3. The number of hydrogen-bond donors (Lipinski definition) is 1. The van der Waals surface area contributed by atoms with Gasteiger partial charge in [-0.3, -0.25) is 4.55 Å². The second-order valence-corrected chi connectivity index (χ2v) is 8.09. The Kier molecular flexibility index (Phi) is 17.6. The molecule has 0 fully saturated rings. The number of aryl methyl sites for hydroxylation is 1. The second-order valence-electron chi connectivity index (χ2n) is 6.52. The standard InChI is InChI=1S/C20H34O6S.Na.H/c1-2-3-4-5-6-7-8-19-9-11-20(12-10-19)26-16-15-24-13-14-25-17-18-27(21,22)23;;/h9-12H,2-8,13-18H2,1H3,(H,21,22,23);;. The van der Waals surface area contributed by atoms with Gasteiger partial charge in [0.2, 0.25) is 0 Å². The van der Waals surface area contributed by atoms with E-state index in [1.54, 1.807) is 0 Å². The van der Waals surface area contributed by atoms with E-state index in [0.717, 1.165) is 12.2 Å². The summed E-state index contributed by atoms with van der Waals surface area (Å²) in [6, 6.07) is 8.21. The summed E-state index contributed by atoms with van der Waals surface area (Å²) >= 11 is 0. The van der Waals surface area contributed by atoms with E-state index in [1.807, 2.05) is 12.1 Å². The number of hydrogen-bond acceptors (Lipinski definition) is 5. The normalized spacial score (nSPS) is 11.2. The third-order valence-corrected chi connectivity index (χ3v) is 4.78. The van der Waals surface area contributed by atoms with Crippen LogP contribution < -0.4 is 4.74 Å². The van der Waals surface area contributed by atoms with Crippen molar-refractivity contribution in [3.05, 3.63) is 29.8 Å². The molecule has 28 heavy (non-hydrogen) atoms. The molecular weight excluding hydrogens is 391 g/mol. The molecule has 0 spiro atoms.